The Bertz CT molecular complexity index is 1490. The van der Waals surface area contributed by atoms with Crippen molar-refractivity contribution in [3.63, 3.8) is 0 Å². The summed E-state index contributed by atoms with van der Waals surface area (Å²) in [5.41, 5.74) is -1.01. The highest BCUT2D eigenvalue weighted by atomic mass is 16.7. The topological polar surface area (TPSA) is 249 Å². The first-order chi connectivity index (χ1) is 20.5. The maximum absolute atomic E-state index is 13.3. The quantitative estimate of drug-likeness (QED) is 0.139. The molecule has 0 bridgehead atoms. The van der Waals surface area contributed by atoms with Crippen molar-refractivity contribution < 1.29 is 69.3 Å². The van der Waals surface area contributed by atoms with Crippen LogP contribution in [0.25, 0.3) is 22.3 Å². The van der Waals surface area contributed by atoms with Crippen LogP contribution in [0.3, 0.4) is 0 Å². The second-order valence-electron chi connectivity index (χ2n) is 10.3. The van der Waals surface area contributed by atoms with Gasteiger partial charge in [-0.1, -0.05) is 0 Å². The third-order valence-electron chi connectivity index (χ3n) is 7.62. The number of phenols is 1. The fourth-order valence-electron chi connectivity index (χ4n) is 5.21. The maximum Gasteiger partial charge on any atom is 0.229 e. The van der Waals surface area contributed by atoms with E-state index in [2.05, 4.69) is 0 Å². The van der Waals surface area contributed by atoms with Crippen LogP contribution in [0, 0.1) is 0 Å². The van der Waals surface area contributed by atoms with E-state index in [1.165, 1.54) is 7.11 Å². The summed E-state index contributed by atoms with van der Waals surface area (Å²) in [4.78, 5) is 13.3. The number of aromatic hydroxyl groups is 1. The minimum Gasteiger partial charge on any atom is -0.507 e. The lowest BCUT2D eigenvalue weighted by atomic mass is 9.89. The van der Waals surface area contributed by atoms with E-state index in [9.17, 15) is 50.8 Å². The minimum atomic E-state index is -1.90. The van der Waals surface area contributed by atoms with Gasteiger partial charge in [-0.25, -0.2) is 0 Å². The predicted molar refractivity (Wildman–Crippen MR) is 143 cm³/mol. The van der Waals surface area contributed by atoms with E-state index in [0.29, 0.717) is 11.3 Å². The van der Waals surface area contributed by atoms with Crippen molar-refractivity contribution >= 4 is 11.0 Å². The van der Waals surface area contributed by atoms with Crippen LogP contribution in [0.2, 0.25) is 0 Å². The molecule has 0 spiro atoms. The molecule has 2 aliphatic heterocycles. The molecule has 9 N–H and O–H groups in total. The second-order valence-corrected chi connectivity index (χ2v) is 10.3. The van der Waals surface area contributed by atoms with Gasteiger partial charge in [0.15, 0.2) is 11.0 Å². The van der Waals surface area contributed by atoms with Gasteiger partial charge in [0.2, 0.25) is 6.29 Å². The van der Waals surface area contributed by atoms with Gasteiger partial charge in [0.1, 0.15) is 83.3 Å². The molecule has 2 aromatic carbocycles. The van der Waals surface area contributed by atoms with Gasteiger partial charge >= 0.3 is 0 Å². The molecule has 2 aliphatic rings. The molecular weight excluding hydrogens is 576 g/mol. The average molecular weight is 609 g/mol. The zero-order valence-corrected chi connectivity index (χ0v) is 22.6. The van der Waals surface area contributed by atoms with Crippen LogP contribution in [0.4, 0.5) is 0 Å². The molecule has 1 aromatic heterocycles. The van der Waals surface area contributed by atoms with Gasteiger partial charge in [0.25, 0.3) is 0 Å². The molecule has 2 saturated heterocycles. The number of aliphatic hydroxyl groups is 8. The monoisotopic (exact) mass is 608 g/mol. The molecule has 234 valence electrons. The molecule has 10 atom stereocenters. The third kappa shape index (κ3) is 5.56. The number of methoxy groups -OCH3 is 1. The number of aliphatic hydroxyl groups excluding tert-OH is 8. The van der Waals surface area contributed by atoms with Gasteiger partial charge in [-0.2, -0.15) is 0 Å². The molecule has 3 heterocycles. The van der Waals surface area contributed by atoms with E-state index in [1.54, 1.807) is 24.3 Å². The van der Waals surface area contributed by atoms with Crippen molar-refractivity contribution in [1.82, 2.24) is 0 Å². The molecule has 2 fully saturated rings. The molecule has 15 heteroatoms. The van der Waals surface area contributed by atoms with E-state index < -0.39 is 91.4 Å². The molecule has 0 aliphatic carbocycles. The Balaban J connectivity index is 1.72. The maximum atomic E-state index is 13.3. The SMILES string of the molecule is COc1ccc(-c2cc(=O)c3c(O)cc(O[C@@H]4O[C@H](CO)[C@@H](O)[C@H](O)[C@H]4O)c([C@@H]4O[C@H](CO)[C@@H](O)[C@H](O)[C@H]4O)c3o2)cc1. The van der Waals surface area contributed by atoms with E-state index in [-0.39, 0.29) is 22.3 Å². The summed E-state index contributed by atoms with van der Waals surface area (Å²) in [5.74, 6) is -0.594. The number of hydrogen-bond donors (Lipinski definition) is 9. The first kappa shape index (κ1) is 31.1. The van der Waals surface area contributed by atoms with E-state index in [0.717, 1.165) is 12.1 Å². The Morgan fingerprint density at radius 2 is 1.40 bits per heavy atom. The zero-order chi connectivity index (χ0) is 31.2. The number of ether oxygens (including phenoxy) is 4. The van der Waals surface area contributed by atoms with Gasteiger partial charge in [0, 0.05) is 17.7 Å². The van der Waals surface area contributed by atoms with E-state index in [1.807, 2.05) is 0 Å². The average Bonchev–Trinajstić information content (AvgIpc) is 3.00. The molecule has 0 radical (unpaired) electrons. The van der Waals surface area contributed by atoms with Crippen molar-refractivity contribution in [3.05, 3.63) is 52.2 Å². The normalized spacial score (nSPS) is 33.0. The van der Waals surface area contributed by atoms with Crippen molar-refractivity contribution in [1.29, 1.82) is 0 Å². The third-order valence-corrected chi connectivity index (χ3v) is 7.62. The fraction of sp³-hybridized carbons (Fsp3) is 0.464. The second kappa shape index (κ2) is 12.3. The summed E-state index contributed by atoms with van der Waals surface area (Å²) in [5, 5.41) is 92.8. The molecule has 15 nitrogen and oxygen atoms in total. The van der Waals surface area contributed by atoms with Gasteiger partial charge in [-0.05, 0) is 24.3 Å². The lowest BCUT2D eigenvalue weighted by molar-refractivity contribution is -0.278. The number of phenolic OH excluding ortho intramolecular Hbond substituents is 1. The Labute approximate surface area is 242 Å². The van der Waals surface area contributed by atoms with Crippen molar-refractivity contribution in [2.24, 2.45) is 0 Å². The minimum absolute atomic E-state index is 0.00427. The Morgan fingerprint density at radius 3 is 2.00 bits per heavy atom. The molecule has 0 saturated carbocycles. The van der Waals surface area contributed by atoms with Crippen molar-refractivity contribution in [3.8, 4) is 28.6 Å². The molecule has 43 heavy (non-hydrogen) atoms. The predicted octanol–water partition coefficient (Wildman–Crippen LogP) is -2.13. The summed E-state index contributed by atoms with van der Waals surface area (Å²) in [7, 11) is 1.47. The number of hydrogen-bond acceptors (Lipinski definition) is 15. The summed E-state index contributed by atoms with van der Waals surface area (Å²) >= 11 is 0. The zero-order valence-electron chi connectivity index (χ0n) is 22.6. The van der Waals surface area contributed by atoms with Crippen LogP contribution in [0.5, 0.6) is 17.2 Å². The summed E-state index contributed by atoms with van der Waals surface area (Å²) in [6.45, 7) is -1.56. The van der Waals surface area contributed by atoms with Gasteiger partial charge in [0.05, 0.1) is 25.9 Å². The highest BCUT2D eigenvalue weighted by Crippen LogP contribution is 2.45. The van der Waals surface area contributed by atoms with Crippen LogP contribution >= 0.6 is 0 Å². The molecule has 0 unspecified atom stereocenters. The molecule has 0 amide bonds. The summed E-state index contributed by atoms with van der Waals surface area (Å²) in [6, 6.07) is 8.42. The number of benzene rings is 2. The smallest absolute Gasteiger partial charge is 0.229 e. The first-order valence-electron chi connectivity index (χ1n) is 13.3. The Kier molecular flexibility index (Phi) is 8.92. The first-order valence-corrected chi connectivity index (χ1v) is 13.3. The Hall–Kier alpha value is -3.35. The highest BCUT2D eigenvalue weighted by Gasteiger charge is 2.48. The van der Waals surface area contributed by atoms with Crippen LogP contribution in [0.1, 0.15) is 11.7 Å². The standard InChI is InChI=1S/C28H32O15/c1-39-11-4-2-10(3-5-11)14-6-12(31)18-13(32)7-15(42-28-25(38)23(36)21(34)17(9-30)43-28)19(26(18)40-14)27-24(37)22(35)20(33)16(8-29)41-27/h2-7,16-17,20-25,27-30,32-38H,8-9H2,1H3/t16-,17-,20-,21-,22+,23+,24-,25-,27+,28-/m1/s1. The summed E-state index contributed by atoms with van der Waals surface area (Å²) < 4.78 is 28.2. The lowest BCUT2D eigenvalue weighted by Gasteiger charge is -2.42. The summed E-state index contributed by atoms with van der Waals surface area (Å²) in [6.07, 6.45) is -17.2. The lowest BCUT2D eigenvalue weighted by Crippen LogP contribution is -2.60. The van der Waals surface area contributed by atoms with Crippen molar-refractivity contribution in [2.75, 3.05) is 20.3 Å². The van der Waals surface area contributed by atoms with Gasteiger partial charge < -0.3 is 69.3 Å². The van der Waals surface area contributed by atoms with E-state index >= 15 is 0 Å². The van der Waals surface area contributed by atoms with Gasteiger partial charge in [-0.3, -0.25) is 4.79 Å². The largest absolute Gasteiger partial charge is 0.507 e. The van der Waals surface area contributed by atoms with Crippen LogP contribution in [0.15, 0.2) is 45.6 Å². The van der Waals surface area contributed by atoms with Crippen molar-refractivity contribution in [2.45, 2.75) is 61.2 Å². The number of fused-ring (bicyclic) bond motifs is 1. The van der Waals surface area contributed by atoms with Crippen LogP contribution < -0.4 is 14.9 Å². The number of rotatable bonds is 7. The molecule has 3 aromatic rings. The Morgan fingerprint density at radius 1 is 0.791 bits per heavy atom. The highest BCUT2D eigenvalue weighted by molar-refractivity contribution is 5.89. The molecular formula is C28H32O15. The molecule has 5 rings (SSSR count). The van der Waals surface area contributed by atoms with E-state index in [4.69, 9.17) is 23.4 Å². The van der Waals surface area contributed by atoms with Gasteiger partial charge in [-0.15, -0.1) is 0 Å². The fourth-order valence-corrected chi connectivity index (χ4v) is 5.21. The van der Waals surface area contributed by atoms with Crippen LogP contribution in [-0.2, 0) is 9.47 Å². The van der Waals surface area contributed by atoms with Crippen LogP contribution in [-0.4, -0.2) is 121 Å².